The van der Waals surface area contributed by atoms with E-state index in [0.717, 1.165) is 24.3 Å². The summed E-state index contributed by atoms with van der Waals surface area (Å²) in [6, 6.07) is 0. The molecule has 0 aromatic carbocycles. The van der Waals surface area contributed by atoms with Crippen molar-refractivity contribution in [2.75, 3.05) is 26.2 Å². The lowest BCUT2D eigenvalue weighted by atomic mass is 10.1. The Morgan fingerprint density at radius 2 is 2.12 bits per heavy atom. The molecule has 96 valence electrons. The Balaban J connectivity index is 2.57. The number of amides is 1. The number of carbonyl (C=O) groups is 1. The van der Waals surface area contributed by atoms with Crippen LogP contribution in [0, 0.1) is 13.8 Å². The second-order valence-electron chi connectivity index (χ2n) is 4.09. The Labute approximate surface area is 105 Å². The molecule has 1 rings (SSSR count). The van der Waals surface area contributed by atoms with Crippen LogP contribution in [-0.2, 0) is 0 Å². The zero-order chi connectivity index (χ0) is 13.7. The second-order valence-corrected chi connectivity index (χ2v) is 4.09. The van der Waals surface area contributed by atoms with Gasteiger partial charge in [-0.25, -0.2) is 0 Å². The van der Waals surface area contributed by atoms with E-state index in [-0.39, 0.29) is 12.4 Å². The van der Waals surface area contributed by atoms with Gasteiger partial charge in [0.1, 0.15) is 0 Å². The minimum Gasteiger partial charge on any atom is -0.364 e. The first-order valence-electron chi connectivity index (χ1n) is 6.68. The molecule has 0 aliphatic rings. The molecule has 1 heterocycles. The molecule has 17 heavy (non-hydrogen) atoms. The Bertz CT molecular complexity index is 379. The molecule has 0 radical (unpaired) electrons. The summed E-state index contributed by atoms with van der Waals surface area (Å²) >= 11 is 0. The summed E-state index contributed by atoms with van der Waals surface area (Å²) in [5.74, 6) is -0.101. The number of nitrogens with zero attached hydrogens (tertiary/aromatic N) is 1. The smallest absolute Gasteiger partial charge is 0.253 e. The molecule has 0 spiro atoms. The van der Waals surface area contributed by atoms with E-state index in [1.807, 2.05) is 38.8 Å². The molecular weight excluding hydrogens is 214 g/mol. The van der Waals surface area contributed by atoms with E-state index in [4.69, 9.17) is 1.37 Å². The van der Waals surface area contributed by atoms with Gasteiger partial charge < -0.3 is 15.2 Å². The van der Waals surface area contributed by atoms with Crippen LogP contribution in [0.2, 0.25) is 0 Å². The SMILES string of the molecule is [2H]C(CNC(=O)c1c(C)c[nH]c1C)N(CC)CC. The third-order valence-electron chi connectivity index (χ3n) is 2.93. The number of H-pyrrole nitrogens is 1. The predicted octanol–water partition coefficient (Wildman–Crippen LogP) is 1.70. The van der Waals surface area contributed by atoms with Crippen molar-refractivity contribution in [3.05, 3.63) is 23.0 Å². The molecule has 2 N–H and O–H groups in total. The highest BCUT2D eigenvalue weighted by Gasteiger charge is 2.13. The van der Waals surface area contributed by atoms with Gasteiger partial charge in [-0.05, 0) is 32.5 Å². The Kier molecular flexibility index (Phi) is 4.62. The first-order chi connectivity index (χ1) is 8.51. The molecule has 0 saturated carbocycles. The van der Waals surface area contributed by atoms with Crippen LogP contribution >= 0.6 is 0 Å². The fourth-order valence-electron chi connectivity index (χ4n) is 1.84. The molecule has 0 fully saturated rings. The lowest BCUT2D eigenvalue weighted by Gasteiger charge is -2.18. The van der Waals surface area contributed by atoms with Crippen LogP contribution in [0.1, 0.15) is 36.8 Å². The minimum atomic E-state index is -0.386. The largest absolute Gasteiger partial charge is 0.364 e. The van der Waals surface area contributed by atoms with Crippen molar-refractivity contribution in [1.82, 2.24) is 15.2 Å². The van der Waals surface area contributed by atoms with Crippen molar-refractivity contribution in [1.29, 1.82) is 0 Å². The number of rotatable bonds is 6. The zero-order valence-corrected chi connectivity index (χ0v) is 11.1. The highest BCUT2D eigenvalue weighted by Crippen LogP contribution is 2.11. The second kappa shape index (κ2) is 6.45. The third kappa shape index (κ3) is 3.60. The van der Waals surface area contributed by atoms with Crippen LogP contribution in [0.5, 0.6) is 0 Å². The summed E-state index contributed by atoms with van der Waals surface area (Å²) in [7, 11) is 0. The van der Waals surface area contributed by atoms with Crippen LogP contribution in [0.3, 0.4) is 0 Å². The quantitative estimate of drug-likeness (QED) is 0.792. The predicted molar refractivity (Wildman–Crippen MR) is 70.4 cm³/mol. The number of hydrogen-bond acceptors (Lipinski definition) is 2. The van der Waals surface area contributed by atoms with Crippen molar-refractivity contribution < 1.29 is 6.17 Å². The van der Waals surface area contributed by atoms with Crippen LogP contribution in [-0.4, -0.2) is 41.9 Å². The lowest BCUT2D eigenvalue weighted by Crippen LogP contribution is -2.35. The fraction of sp³-hybridized carbons (Fsp3) is 0.615. The van der Waals surface area contributed by atoms with E-state index < -0.39 is 0 Å². The molecule has 1 atom stereocenters. The van der Waals surface area contributed by atoms with Crippen molar-refractivity contribution in [2.45, 2.75) is 27.7 Å². The van der Waals surface area contributed by atoms with Gasteiger partial charge in [-0.15, -0.1) is 0 Å². The van der Waals surface area contributed by atoms with Gasteiger partial charge in [-0.2, -0.15) is 0 Å². The highest BCUT2D eigenvalue weighted by molar-refractivity contribution is 5.96. The Hall–Kier alpha value is -1.29. The van der Waals surface area contributed by atoms with Crippen LogP contribution in [0.15, 0.2) is 6.20 Å². The number of likely N-dealkylation sites (N-methyl/N-ethyl adjacent to an activating group) is 1. The molecule has 0 aliphatic carbocycles. The summed E-state index contributed by atoms with van der Waals surface area (Å²) < 4.78 is 7.96. The van der Waals surface area contributed by atoms with E-state index in [1.165, 1.54) is 0 Å². The van der Waals surface area contributed by atoms with E-state index in [2.05, 4.69) is 10.3 Å². The molecule has 0 bridgehead atoms. The number of carbonyl (C=O) groups excluding carboxylic acids is 1. The first-order valence-corrected chi connectivity index (χ1v) is 6.10. The van der Waals surface area contributed by atoms with Gasteiger partial charge >= 0.3 is 0 Å². The minimum absolute atomic E-state index is 0.101. The van der Waals surface area contributed by atoms with Crippen molar-refractivity contribution in [3.8, 4) is 0 Å². The molecule has 0 aliphatic heterocycles. The molecule has 1 aromatic rings. The lowest BCUT2D eigenvalue weighted by molar-refractivity contribution is 0.0948. The van der Waals surface area contributed by atoms with Gasteiger partial charge in [0.05, 0.1) is 5.56 Å². The fourth-order valence-corrected chi connectivity index (χ4v) is 1.84. The van der Waals surface area contributed by atoms with Crippen LogP contribution in [0.25, 0.3) is 0 Å². The molecule has 1 aromatic heterocycles. The summed E-state index contributed by atoms with van der Waals surface area (Å²) in [5, 5.41) is 2.83. The number of aromatic nitrogens is 1. The van der Waals surface area contributed by atoms with Gasteiger partial charge in [-0.3, -0.25) is 4.79 Å². The molecule has 4 heteroatoms. The standard InChI is InChI=1S/C13H23N3O/c1-5-16(6-2)8-7-14-13(17)12-10(3)9-15-11(12)4/h9,15H,5-8H2,1-4H3,(H,14,17)/i8D. The molecule has 0 saturated heterocycles. The monoisotopic (exact) mass is 238 g/mol. The molecule has 1 amide bonds. The van der Waals surface area contributed by atoms with Gasteiger partial charge in [0.15, 0.2) is 0 Å². The van der Waals surface area contributed by atoms with E-state index in [9.17, 15) is 4.79 Å². The number of aryl methyl sites for hydroxylation is 2. The van der Waals surface area contributed by atoms with Gasteiger partial charge in [-0.1, -0.05) is 13.8 Å². The van der Waals surface area contributed by atoms with Crippen LogP contribution < -0.4 is 5.32 Å². The summed E-state index contributed by atoms with van der Waals surface area (Å²) in [5.41, 5.74) is 2.51. The Morgan fingerprint density at radius 3 is 2.59 bits per heavy atom. The van der Waals surface area contributed by atoms with E-state index in [1.54, 1.807) is 0 Å². The Morgan fingerprint density at radius 1 is 1.47 bits per heavy atom. The number of nitrogens with one attached hydrogen (secondary N) is 2. The number of hydrogen-bond donors (Lipinski definition) is 2. The average Bonchev–Trinajstić information content (AvgIpc) is 2.67. The van der Waals surface area contributed by atoms with E-state index >= 15 is 0 Å². The van der Waals surface area contributed by atoms with Gasteiger partial charge in [0.25, 0.3) is 5.91 Å². The highest BCUT2D eigenvalue weighted by atomic mass is 16.1. The van der Waals surface area contributed by atoms with Crippen molar-refractivity contribution >= 4 is 5.91 Å². The topological polar surface area (TPSA) is 48.1 Å². The maximum atomic E-state index is 12.0. The van der Waals surface area contributed by atoms with Crippen molar-refractivity contribution in [3.63, 3.8) is 0 Å². The summed E-state index contributed by atoms with van der Waals surface area (Å²) in [6.07, 6.45) is 1.83. The normalized spacial score (nSPS) is 13.6. The van der Waals surface area contributed by atoms with E-state index in [0.29, 0.717) is 12.1 Å². The van der Waals surface area contributed by atoms with Crippen LogP contribution in [0.4, 0.5) is 0 Å². The zero-order valence-electron chi connectivity index (χ0n) is 12.1. The summed E-state index contributed by atoms with van der Waals surface area (Å²) in [6.45, 7) is 9.44. The van der Waals surface area contributed by atoms with Crippen molar-refractivity contribution in [2.24, 2.45) is 0 Å². The summed E-state index contributed by atoms with van der Waals surface area (Å²) in [4.78, 5) is 17.0. The average molecular weight is 238 g/mol. The third-order valence-corrected chi connectivity index (χ3v) is 2.93. The number of aromatic amines is 1. The molecule has 4 nitrogen and oxygen atoms in total. The maximum absolute atomic E-state index is 12.0. The maximum Gasteiger partial charge on any atom is 0.253 e. The molecule has 1 unspecified atom stereocenters. The van der Waals surface area contributed by atoms with Gasteiger partial charge in [0.2, 0.25) is 0 Å². The molecular formula is C13H23N3O. The van der Waals surface area contributed by atoms with Gasteiger partial charge in [0, 0.05) is 26.3 Å². The first kappa shape index (κ1) is 12.2.